The number of anilines is 1. The minimum absolute atomic E-state index is 0.120. The summed E-state index contributed by atoms with van der Waals surface area (Å²) < 4.78 is 0. The largest absolute Gasteiger partial charge is 0.354 e. The van der Waals surface area contributed by atoms with Crippen LogP contribution in [0.4, 0.5) is 5.82 Å². The normalized spacial score (nSPS) is 17.3. The van der Waals surface area contributed by atoms with Gasteiger partial charge in [-0.1, -0.05) is 36.4 Å². The fraction of sp³-hybridized carbons (Fsp3) is 0.450. The van der Waals surface area contributed by atoms with Crippen molar-refractivity contribution in [3.63, 3.8) is 0 Å². The zero-order chi connectivity index (χ0) is 17.1. The van der Waals surface area contributed by atoms with Gasteiger partial charge in [0.15, 0.2) is 0 Å². The summed E-state index contributed by atoms with van der Waals surface area (Å²) in [6, 6.07) is 15.0. The maximum atomic E-state index is 6.44. The Morgan fingerprint density at radius 3 is 2.21 bits per heavy atom. The summed E-state index contributed by atoms with van der Waals surface area (Å²) in [4.78, 5) is 9.74. The molecule has 4 nitrogen and oxygen atoms in total. The Bertz CT molecular complexity index is 661. The van der Waals surface area contributed by atoms with E-state index in [1.165, 1.54) is 0 Å². The van der Waals surface area contributed by atoms with Crippen molar-refractivity contribution in [1.82, 2.24) is 9.88 Å². The molecule has 1 aliphatic rings. The van der Waals surface area contributed by atoms with E-state index in [1.807, 2.05) is 18.2 Å². The van der Waals surface area contributed by atoms with Gasteiger partial charge in [0.2, 0.25) is 0 Å². The lowest BCUT2D eigenvalue weighted by Crippen LogP contribution is -2.49. The fourth-order valence-corrected chi connectivity index (χ4v) is 3.37. The van der Waals surface area contributed by atoms with Crippen LogP contribution in [0.15, 0.2) is 42.5 Å². The van der Waals surface area contributed by atoms with Crippen molar-refractivity contribution in [2.45, 2.75) is 32.9 Å². The molecule has 0 bridgehead atoms. The standard InChI is InChI=1S/C20H28N4/c1-15(2)23-11-13-24(14-12-23)19-10-9-18(16(3)22-19)20(21)17-7-5-4-6-8-17/h4-10,15,20H,11-14,21H2,1-3H3. The van der Waals surface area contributed by atoms with E-state index in [1.54, 1.807) is 0 Å². The van der Waals surface area contributed by atoms with Crippen LogP contribution in [0.1, 0.15) is 36.7 Å². The van der Waals surface area contributed by atoms with E-state index in [0.717, 1.165) is 48.8 Å². The lowest BCUT2D eigenvalue weighted by molar-refractivity contribution is 0.209. The van der Waals surface area contributed by atoms with Gasteiger partial charge in [0.1, 0.15) is 5.82 Å². The molecule has 1 fully saturated rings. The molecule has 0 spiro atoms. The zero-order valence-corrected chi connectivity index (χ0v) is 14.9. The first-order valence-corrected chi connectivity index (χ1v) is 8.83. The van der Waals surface area contributed by atoms with Crippen molar-refractivity contribution in [3.05, 3.63) is 59.3 Å². The molecule has 0 radical (unpaired) electrons. The number of pyridine rings is 1. The maximum Gasteiger partial charge on any atom is 0.128 e. The van der Waals surface area contributed by atoms with Crippen LogP contribution < -0.4 is 10.6 Å². The van der Waals surface area contributed by atoms with Crippen molar-refractivity contribution < 1.29 is 0 Å². The first kappa shape index (κ1) is 16.9. The van der Waals surface area contributed by atoms with Crippen LogP contribution in [-0.2, 0) is 0 Å². The van der Waals surface area contributed by atoms with Gasteiger partial charge in [0.25, 0.3) is 0 Å². The van der Waals surface area contributed by atoms with Crippen LogP contribution in [0, 0.1) is 6.92 Å². The average molecular weight is 324 g/mol. The average Bonchev–Trinajstić information content (AvgIpc) is 2.62. The summed E-state index contributed by atoms with van der Waals surface area (Å²) in [7, 11) is 0. The van der Waals surface area contributed by atoms with E-state index < -0.39 is 0 Å². The Kier molecular flexibility index (Phi) is 5.17. The number of nitrogens with zero attached hydrogens (tertiary/aromatic N) is 3. The molecule has 128 valence electrons. The van der Waals surface area contributed by atoms with Gasteiger partial charge in [-0.2, -0.15) is 0 Å². The predicted molar refractivity (Wildman–Crippen MR) is 100 cm³/mol. The van der Waals surface area contributed by atoms with Gasteiger partial charge in [-0.15, -0.1) is 0 Å². The molecule has 0 aliphatic carbocycles. The molecule has 1 atom stereocenters. The van der Waals surface area contributed by atoms with Gasteiger partial charge in [-0.05, 0) is 38.0 Å². The van der Waals surface area contributed by atoms with Gasteiger partial charge < -0.3 is 10.6 Å². The molecule has 0 saturated carbocycles. The highest BCUT2D eigenvalue weighted by atomic mass is 15.3. The molecule has 1 aliphatic heterocycles. The number of nitrogens with two attached hydrogens (primary N) is 1. The van der Waals surface area contributed by atoms with Gasteiger partial charge in [-0.3, -0.25) is 4.90 Å². The molecule has 4 heteroatoms. The fourth-order valence-electron chi connectivity index (χ4n) is 3.37. The Hall–Kier alpha value is -1.91. The number of hydrogen-bond acceptors (Lipinski definition) is 4. The van der Waals surface area contributed by atoms with Crippen molar-refractivity contribution in [2.75, 3.05) is 31.1 Å². The summed E-state index contributed by atoms with van der Waals surface area (Å²) >= 11 is 0. The lowest BCUT2D eigenvalue weighted by atomic mass is 9.98. The highest BCUT2D eigenvalue weighted by molar-refractivity contribution is 5.44. The molecule has 2 aromatic rings. The van der Waals surface area contributed by atoms with Crippen LogP contribution >= 0.6 is 0 Å². The van der Waals surface area contributed by atoms with Crippen LogP contribution in [-0.4, -0.2) is 42.1 Å². The van der Waals surface area contributed by atoms with E-state index in [9.17, 15) is 0 Å². The number of benzene rings is 1. The molecular formula is C20H28N4. The summed E-state index contributed by atoms with van der Waals surface area (Å²) in [5, 5.41) is 0. The van der Waals surface area contributed by atoms with Crippen LogP contribution in [0.3, 0.4) is 0 Å². The minimum atomic E-state index is -0.120. The Labute approximate surface area is 145 Å². The number of aromatic nitrogens is 1. The first-order chi connectivity index (χ1) is 11.6. The van der Waals surface area contributed by atoms with E-state index in [2.05, 4.69) is 54.8 Å². The summed E-state index contributed by atoms with van der Waals surface area (Å²) in [5.74, 6) is 1.07. The molecule has 2 heterocycles. The van der Waals surface area contributed by atoms with E-state index in [-0.39, 0.29) is 6.04 Å². The molecule has 2 N–H and O–H groups in total. The SMILES string of the molecule is Cc1nc(N2CCN(C(C)C)CC2)ccc1C(N)c1ccccc1. The van der Waals surface area contributed by atoms with Gasteiger partial charge in [-0.25, -0.2) is 4.98 Å². The quantitative estimate of drug-likeness (QED) is 0.939. The Balaban J connectivity index is 1.74. The topological polar surface area (TPSA) is 45.4 Å². The van der Waals surface area contributed by atoms with Crippen LogP contribution in [0.2, 0.25) is 0 Å². The Morgan fingerprint density at radius 2 is 1.62 bits per heavy atom. The molecular weight excluding hydrogens is 296 g/mol. The zero-order valence-electron chi connectivity index (χ0n) is 14.9. The van der Waals surface area contributed by atoms with Crippen LogP contribution in [0.25, 0.3) is 0 Å². The smallest absolute Gasteiger partial charge is 0.128 e. The number of aryl methyl sites for hydroxylation is 1. The predicted octanol–water partition coefficient (Wildman–Crippen LogP) is 2.97. The second kappa shape index (κ2) is 7.32. The second-order valence-corrected chi connectivity index (χ2v) is 6.85. The number of rotatable bonds is 4. The molecule has 1 saturated heterocycles. The molecule has 1 aromatic carbocycles. The maximum absolute atomic E-state index is 6.44. The van der Waals surface area contributed by atoms with Crippen molar-refractivity contribution in [1.29, 1.82) is 0 Å². The number of piperazine rings is 1. The van der Waals surface area contributed by atoms with E-state index in [0.29, 0.717) is 6.04 Å². The van der Waals surface area contributed by atoms with Crippen molar-refractivity contribution in [2.24, 2.45) is 5.73 Å². The first-order valence-electron chi connectivity index (χ1n) is 8.83. The minimum Gasteiger partial charge on any atom is -0.354 e. The third-order valence-electron chi connectivity index (χ3n) is 4.97. The lowest BCUT2D eigenvalue weighted by Gasteiger charge is -2.37. The van der Waals surface area contributed by atoms with Crippen LogP contribution in [0.5, 0.6) is 0 Å². The molecule has 24 heavy (non-hydrogen) atoms. The van der Waals surface area contributed by atoms with E-state index >= 15 is 0 Å². The molecule has 1 unspecified atom stereocenters. The van der Waals surface area contributed by atoms with Gasteiger partial charge in [0, 0.05) is 37.9 Å². The van der Waals surface area contributed by atoms with Gasteiger partial charge >= 0.3 is 0 Å². The monoisotopic (exact) mass is 324 g/mol. The molecule has 0 amide bonds. The number of hydrogen-bond donors (Lipinski definition) is 1. The van der Waals surface area contributed by atoms with E-state index in [4.69, 9.17) is 10.7 Å². The summed E-state index contributed by atoms with van der Waals surface area (Å²) in [6.45, 7) is 10.9. The third kappa shape index (κ3) is 3.60. The second-order valence-electron chi connectivity index (χ2n) is 6.85. The highest BCUT2D eigenvalue weighted by Gasteiger charge is 2.20. The summed E-state index contributed by atoms with van der Waals surface area (Å²) in [5.41, 5.74) is 9.69. The summed E-state index contributed by atoms with van der Waals surface area (Å²) in [6.07, 6.45) is 0. The third-order valence-corrected chi connectivity index (χ3v) is 4.97. The highest BCUT2D eigenvalue weighted by Crippen LogP contribution is 2.24. The Morgan fingerprint density at radius 1 is 0.958 bits per heavy atom. The molecule has 3 rings (SSSR count). The van der Waals surface area contributed by atoms with Crippen molar-refractivity contribution >= 4 is 5.82 Å². The van der Waals surface area contributed by atoms with Crippen molar-refractivity contribution in [3.8, 4) is 0 Å². The van der Waals surface area contributed by atoms with Gasteiger partial charge in [0.05, 0.1) is 6.04 Å². The molecule has 1 aromatic heterocycles.